The first-order chi connectivity index (χ1) is 7.16. The second-order valence-corrected chi connectivity index (χ2v) is 3.64. The minimum Gasteiger partial charge on any atom is -0.372 e. The summed E-state index contributed by atoms with van der Waals surface area (Å²) in [5.74, 6) is -0.556. The summed E-state index contributed by atoms with van der Waals surface area (Å²) in [6.45, 7) is 2.98. The summed E-state index contributed by atoms with van der Waals surface area (Å²) in [5, 5.41) is 0. The Morgan fingerprint density at radius 3 is 2.80 bits per heavy atom. The van der Waals surface area contributed by atoms with Crippen molar-refractivity contribution in [1.82, 2.24) is 4.90 Å². The zero-order valence-electron chi connectivity index (χ0n) is 9.07. The highest BCUT2D eigenvalue weighted by molar-refractivity contribution is 5.87. The van der Waals surface area contributed by atoms with E-state index in [1.807, 2.05) is 6.92 Å². The lowest BCUT2D eigenvalue weighted by atomic mass is 10.0. The summed E-state index contributed by atoms with van der Waals surface area (Å²) in [4.78, 5) is 24.3. The van der Waals surface area contributed by atoms with Crippen molar-refractivity contribution < 1.29 is 14.3 Å². The molecule has 2 N–H and O–H groups in total. The standard InChI is InChI=1S/C10H18N2O3/c1-2-15-7-9(13)12-6-4-3-5-8(12)10(11)14/h8H,2-7H2,1H3,(H2,11,14). The minimum atomic E-state index is -0.438. The molecule has 0 aromatic heterocycles. The number of piperidine rings is 1. The van der Waals surface area contributed by atoms with E-state index in [-0.39, 0.29) is 12.5 Å². The minimum absolute atomic E-state index is 0.0419. The van der Waals surface area contributed by atoms with Gasteiger partial charge in [0.1, 0.15) is 12.6 Å². The van der Waals surface area contributed by atoms with E-state index >= 15 is 0 Å². The summed E-state index contributed by atoms with van der Waals surface area (Å²) < 4.78 is 5.03. The summed E-state index contributed by atoms with van der Waals surface area (Å²) in [6.07, 6.45) is 2.56. The van der Waals surface area contributed by atoms with Crippen molar-refractivity contribution in [3.8, 4) is 0 Å². The fraction of sp³-hybridized carbons (Fsp3) is 0.800. The molecule has 0 saturated carbocycles. The van der Waals surface area contributed by atoms with E-state index in [4.69, 9.17) is 10.5 Å². The zero-order chi connectivity index (χ0) is 11.3. The van der Waals surface area contributed by atoms with Gasteiger partial charge in [-0.3, -0.25) is 9.59 Å². The second kappa shape index (κ2) is 5.70. The van der Waals surface area contributed by atoms with Crippen LogP contribution in [-0.2, 0) is 14.3 Å². The highest BCUT2D eigenvalue weighted by atomic mass is 16.5. The van der Waals surface area contributed by atoms with Gasteiger partial charge >= 0.3 is 0 Å². The Labute approximate surface area is 89.6 Å². The number of nitrogens with two attached hydrogens (primary N) is 1. The first-order valence-electron chi connectivity index (χ1n) is 5.33. The monoisotopic (exact) mass is 214 g/mol. The number of carbonyl (C=O) groups excluding carboxylic acids is 2. The number of rotatable bonds is 4. The Bertz CT molecular complexity index is 243. The van der Waals surface area contributed by atoms with Crippen LogP contribution in [-0.4, -0.2) is 42.5 Å². The van der Waals surface area contributed by atoms with Crippen LogP contribution in [0.25, 0.3) is 0 Å². The molecule has 0 aromatic rings. The van der Waals surface area contributed by atoms with Crippen LogP contribution in [0.15, 0.2) is 0 Å². The summed E-state index contributed by atoms with van der Waals surface area (Å²) >= 11 is 0. The Morgan fingerprint density at radius 1 is 1.47 bits per heavy atom. The Kier molecular flexibility index (Phi) is 4.55. The van der Waals surface area contributed by atoms with Gasteiger partial charge in [-0.2, -0.15) is 0 Å². The van der Waals surface area contributed by atoms with Gasteiger partial charge in [0.25, 0.3) is 0 Å². The van der Waals surface area contributed by atoms with Crippen LogP contribution >= 0.6 is 0 Å². The Balaban J connectivity index is 2.55. The van der Waals surface area contributed by atoms with Crippen LogP contribution in [0.1, 0.15) is 26.2 Å². The smallest absolute Gasteiger partial charge is 0.249 e. The lowest BCUT2D eigenvalue weighted by Gasteiger charge is -2.33. The number of nitrogens with zero attached hydrogens (tertiary/aromatic N) is 1. The second-order valence-electron chi connectivity index (χ2n) is 3.64. The van der Waals surface area contributed by atoms with Gasteiger partial charge < -0.3 is 15.4 Å². The summed E-state index contributed by atoms with van der Waals surface area (Å²) in [5.41, 5.74) is 5.25. The third-order valence-electron chi connectivity index (χ3n) is 2.58. The Hall–Kier alpha value is -1.10. The lowest BCUT2D eigenvalue weighted by molar-refractivity contribution is -0.144. The fourth-order valence-electron chi connectivity index (χ4n) is 1.80. The van der Waals surface area contributed by atoms with E-state index in [2.05, 4.69) is 0 Å². The molecule has 0 aliphatic carbocycles. The molecule has 15 heavy (non-hydrogen) atoms. The van der Waals surface area contributed by atoms with Crippen LogP contribution in [0.5, 0.6) is 0 Å². The lowest BCUT2D eigenvalue weighted by Crippen LogP contribution is -2.51. The molecule has 1 saturated heterocycles. The molecule has 1 fully saturated rings. The first kappa shape index (κ1) is 12.0. The van der Waals surface area contributed by atoms with E-state index in [1.165, 1.54) is 0 Å². The van der Waals surface area contributed by atoms with Crippen molar-refractivity contribution in [2.75, 3.05) is 19.8 Å². The van der Waals surface area contributed by atoms with E-state index in [0.29, 0.717) is 19.6 Å². The van der Waals surface area contributed by atoms with Crippen LogP contribution in [0.3, 0.4) is 0 Å². The number of ether oxygens (including phenoxy) is 1. The maximum absolute atomic E-state index is 11.7. The SMILES string of the molecule is CCOCC(=O)N1CCCCC1C(N)=O. The molecular formula is C10H18N2O3. The van der Waals surface area contributed by atoms with E-state index in [9.17, 15) is 9.59 Å². The number of primary amides is 1. The van der Waals surface area contributed by atoms with Crippen molar-refractivity contribution >= 4 is 11.8 Å². The fourth-order valence-corrected chi connectivity index (χ4v) is 1.80. The molecule has 0 radical (unpaired) electrons. The molecule has 5 heteroatoms. The predicted octanol–water partition coefficient (Wildman–Crippen LogP) is -0.111. The van der Waals surface area contributed by atoms with Gasteiger partial charge in [0, 0.05) is 13.2 Å². The highest BCUT2D eigenvalue weighted by Gasteiger charge is 2.30. The molecule has 1 heterocycles. The molecule has 1 atom stereocenters. The van der Waals surface area contributed by atoms with Crippen LogP contribution in [0.4, 0.5) is 0 Å². The molecule has 0 aromatic carbocycles. The summed E-state index contributed by atoms with van der Waals surface area (Å²) in [6, 6.07) is -0.438. The van der Waals surface area contributed by atoms with Crippen molar-refractivity contribution in [3.63, 3.8) is 0 Å². The molecule has 0 bridgehead atoms. The topological polar surface area (TPSA) is 72.6 Å². The normalized spacial score (nSPS) is 21.4. The van der Waals surface area contributed by atoms with Crippen molar-refractivity contribution in [2.45, 2.75) is 32.2 Å². The van der Waals surface area contributed by atoms with Crippen molar-refractivity contribution in [1.29, 1.82) is 0 Å². The largest absolute Gasteiger partial charge is 0.372 e. The molecule has 86 valence electrons. The number of amides is 2. The number of carbonyl (C=O) groups is 2. The molecule has 2 amide bonds. The van der Waals surface area contributed by atoms with Crippen LogP contribution < -0.4 is 5.73 Å². The van der Waals surface area contributed by atoms with Gasteiger partial charge in [-0.1, -0.05) is 0 Å². The molecule has 1 rings (SSSR count). The molecule has 0 spiro atoms. The van der Waals surface area contributed by atoms with Gasteiger partial charge in [-0.15, -0.1) is 0 Å². The van der Waals surface area contributed by atoms with Gasteiger partial charge in [-0.25, -0.2) is 0 Å². The van der Waals surface area contributed by atoms with Gasteiger partial charge in [0.15, 0.2) is 0 Å². The average molecular weight is 214 g/mol. The number of likely N-dealkylation sites (tertiary alicyclic amines) is 1. The maximum atomic E-state index is 11.7. The molecule has 1 aliphatic rings. The number of hydrogen-bond donors (Lipinski definition) is 1. The van der Waals surface area contributed by atoms with Gasteiger partial charge in [0.2, 0.25) is 11.8 Å². The quantitative estimate of drug-likeness (QED) is 0.709. The Morgan fingerprint density at radius 2 is 2.20 bits per heavy atom. The van der Waals surface area contributed by atoms with Crippen molar-refractivity contribution in [2.24, 2.45) is 5.73 Å². The van der Waals surface area contributed by atoms with E-state index in [1.54, 1.807) is 4.90 Å². The van der Waals surface area contributed by atoms with Crippen LogP contribution in [0, 0.1) is 0 Å². The maximum Gasteiger partial charge on any atom is 0.249 e. The molecule has 1 unspecified atom stereocenters. The molecule has 1 aliphatic heterocycles. The first-order valence-corrected chi connectivity index (χ1v) is 5.33. The highest BCUT2D eigenvalue weighted by Crippen LogP contribution is 2.16. The molecular weight excluding hydrogens is 196 g/mol. The van der Waals surface area contributed by atoms with Crippen LogP contribution in [0.2, 0.25) is 0 Å². The molecule has 5 nitrogen and oxygen atoms in total. The number of hydrogen-bond acceptors (Lipinski definition) is 3. The van der Waals surface area contributed by atoms with Crippen molar-refractivity contribution in [3.05, 3.63) is 0 Å². The van der Waals surface area contributed by atoms with E-state index in [0.717, 1.165) is 12.8 Å². The van der Waals surface area contributed by atoms with Gasteiger partial charge in [0.05, 0.1) is 0 Å². The average Bonchev–Trinajstić information content (AvgIpc) is 2.25. The third-order valence-corrected chi connectivity index (χ3v) is 2.58. The van der Waals surface area contributed by atoms with Gasteiger partial charge in [-0.05, 0) is 26.2 Å². The zero-order valence-corrected chi connectivity index (χ0v) is 9.07. The van der Waals surface area contributed by atoms with E-state index < -0.39 is 11.9 Å². The third kappa shape index (κ3) is 3.20. The summed E-state index contributed by atoms with van der Waals surface area (Å²) in [7, 11) is 0. The predicted molar refractivity (Wildman–Crippen MR) is 55.0 cm³/mol.